The highest BCUT2D eigenvalue weighted by atomic mass is 32.2. The normalized spacial score (nSPS) is 10.2. The monoisotopic (exact) mass is 244 g/mol. The second-order valence-corrected chi connectivity index (χ2v) is 4.30. The summed E-state index contributed by atoms with van der Waals surface area (Å²) in [5, 5.41) is 0.709. The maximum atomic E-state index is 11.5. The van der Waals surface area contributed by atoms with Gasteiger partial charge >= 0.3 is 0 Å². The quantitative estimate of drug-likeness (QED) is 0.473. The minimum Gasteiger partial charge on any atom is -0.294 e. The molecule has 0 aliphatic carbocycles. The molecule has 0 aliphatic rings. The summed E-state index contributed by atoms with van der Waals surface area (Å²) < 4.78 is 0. The standard InChI is InChI=1S/C13H12N2OS/c1-9(16)10-5-3-4-6-11(10)12-7-8-14-13(15-12)17-2/h3-8H,1-2H3. The first-order valence-electron chi connectivity index (χ1n) is 5.19. The van der Waals surface area contributed by atoms with E-state index in [2.05, 4.69) is 9.97 Å². The van der Waals surface area contributed by atoms with Gasteiger partial charge in [0, 0.05) is 17.3 Å². The van der Waals surface area contributed by atoms with Gasteiger partial charge in [0.25, 0.3) is 0 Å². The number of nitrogens with zero attached hydrogens (tertiary/aromatic N) is 2. The Balaban J connectivity index is 2.56. The number of hydrogen-bond acceptors (Lipinski definition) is 4. The Labute approximate surface area is 104 Å². The molecule has 17 heavy (non-hydrogen) atoms. The van der Waals surface area contributed by atoms with E-state index in [9.17, 15) is 4.79 Å². The van der Waals surface area contributed by atoms with Gasteiger partial charge in [-0.1, -0.05) is 36.0 Å². The maximum Gasteiger partial charge on any atom is 0.187 e. The molecule has 0 radical (unpaired) electrons. The lowest BCUT2D eigenvalue weighted by Crippen LogP contribution is -1.98. The molecule has 2 rings (SSSR count). The summed E-state index contributed by atoms with van der Waals surface area (Å²) in [5.74, 6) is 0.0462. The molecule has 0 atom stereocenters. The van der Waals surface area contributed by atoms with E-state index in [-0.39, 0.29) is 5.78 Å². The molecular formula is C13H12N2OS. The van der Waals surface area contributed by atoms with Crippen molar-refractivity contribution in [3.05, 3.63) is 42.1 Å². The SMILES string of the molecule is CSc1nccc(-c2ccccc2C(C)=O)n1. The zero-order valence-electron chi connectivity index (χ0n) is 9.68. The van der Waals surface area contributed by atoms with Crippen LogP contribution in [0.5, 0.6) is 0 Å². The number of carbonyl (C=O) groups is 1. The Morgan fingerprint density at radius 3 is 2.71 bits per heavy atom. The molecule has 1 aromatic heterocycles. The van der Waals surface area contributed by atoms with E-state index in [1.807, 2.05) is 36.6 Å². The number of hydrogen-bond donors (Lipinski definition) is 0. The van der Waals surface area contributed by atoms with Gasteiger partial charge in [0.15, 0.2) is 10.9 Å². The number of thioether (sulfide) groups is 1. The summed E-state index contributed by atoms with van der Waals surface area (Å²) in [5.41, 5.74) is 2.34. The van der Waals surface area contributed by atoms with Crippen molar-refractivity contribution in [2.45, 2.75) is 12.1 Å². The predicted octanol–water partition coefficient (Wildman–Crippen LogP) is 3.07. The van der Waals surface area contributed by atoms with Gasteiger partial charge in [-0.3, -0.25) is 4.79 Å². The van der Waals surface area contributed by atoms with Crippen molar-refractivity contribution in [2.75, 3.05) is 6.26 Å². The second-order valence-electron chi connectivity index (χ2n) is 3.53. The maximum absolute atomic E-state index is 11.5. The molecule has 0 amide bonds. The fourth-order valence-corrected chi connectivity index (χ4v) is 1.96. The van der Waals surface area contributed by atoms with Crippen molar-refractivity contribution in [2.24, 2.45) is 0 Å². The summed E-state index contributed by atoms with van der Waals surface area (Å²) in [4.78, 5) is 20.1. The average molecular weight is 244 g/mol. The summed E-state index contributed by atoms with van der Waals surface area (Å²) in [6, 6.07) is 9.31. The summed E-state index contributed by atoms with van der Waals surface area (Å²) in [6.07, 6.45) is 3.64. The first-order valence-corrected chi connectivity index (χ1v) is 6.42. The van der Waals surface area contributed by atoms with E-state index in [1.165, 1.54) is 11.8 Å². The zero-order chi connectivity index (χ0) is 12.3. The first-order chi connectivity index (χ1) is 8.22. The van der Waals surface area contributed by atoms with Crippen molar-refractivity contribution in [1.82, 2.24) is 9.97 Å². The van der Waals surface area contributed by atoms with Crippen LogP contribution < -0.4 is 0 Å². The third-order valence-corrected chi connectivity index (χ3v) is 2.96. The van der Waals surface area contributed by atoms with Gasteiger partial charge in [-0.15, -0.1) is 0 Å². The molecule has 1 aromatic carbocycles. The molecule has 0 N–H and O–H groups in total. The Morgan fingerprint density at radius 2 is 2.00 bits per heavy atom. The molecule has 0 fully saturated rings. The predicted molar refractivity (Wildman–Crippen MR) is 69.3 cm³/mol. The van der Waals surface area contributed by atoms with E-state index in [0.29, 0.717) is 10.7 Å². The first kappa shape index (κ1) is 11.8. The molecule has 1 heterocycles. The van der Waals surface area contributed by atoms with Gasteiger partial charge in [-0.2, -0.15) is 0 Å². The van der Waals surface area contributed by atoms with E-state index >= 15 is 0 Å². The zero-order valence-corrected chi connectivity index (χ0v) is 10.5. The van der Waals surface area contributed by atoms with Crippen LogP contribution in [0, 0.1) is 0 Å². The minimum absolute atomic E-state index is 0.0462. The summed E-state index contributed by atoms with van der Waals surface area (Å²) in [6.45, 7) is 1.56. The Bertz CT molecular complexity index is 555. The number of benzene rings is 1. The molecule has 86 valence electrons. The van der Waals surface area contributed by atoms with E-state index in [0.717, 1.165) is 11.3 Å². The fourth-order valence-electron chi connectivity index (χ4n) is 1.60. The summed E-state index contributed by atoms with van der Waals surface area (Å²) >= 11 is 1.48. The number of Topliss-reactive ketones (excluding diaryl/α,β-unsaturated/α-hetero) is 1. The van der Waals surface area contributed by atoms with Crippen LogP contribution in [0.25, 0.3) is 11.3 Å². The van der Waals surface area contributed by atoms with Gasteiger partial charge < -0.3 is 0 Å². The lowest BCUT2D eigenvalue weighted by Gasteiger charge is -2.06. The van der Waals surface area contributed by atoms with E-state index in [4.69, 9.17) is 0 Å². The molecular weight excluding hydrogens is 232 g/mol. The largest absolute Gasteiger partial charge is 0.294 e. The van der Waals surface area contributed by atoms with Gasteiger partial charge in [-0.25, -0.2) is 9.97 Å². The van der Waals surface area contributed by atoms with Crippen molar-refractivity contribution in [3.8, 4) is 11.3 Å². The van der Waals surface area contributed by atoms with Crippen LogP contribution in [0.2, 0.25) is 0 Å². The van der Waals surface area contributed by atoms with Crippen LogP contribution in [-0.2, 0) is 0 Å². The van der Waals surface area contributed by atoms with Gasteiger partial charge in [0.1, 0.15) is 0 Å². The Morgan fingerprint density at radius 1 is 1.24 bits per heavy atom. The molecule has 0 saturated carbocycles. The van der Waals surface area contributed by atoms with Crippen LogP contribution in [-0.4, -0.2) is 22.0 Å². The molecule has 4 heteroatoms. The average Bonchev–Trinajstić information content (AvgIpc) is 2.39. The molecule has 3 nitrogen and oxygen atoms in total. The van der Waals surface area contributed by atoms with Crippen molar-refractivity contribution in [3.63, 3.8) is 0 Å². The molecule has 0 bridgehead atoms. The Kier molecular flexibility index (Phi) is 3.54. The second kappa shape index (κ2) is 5.10. The van der Waals surface area contributed by atoms with E-state index < -0.39 is 0 Å². The molecule has 2 aromatic rings. The van der Waals surface area contributed by atoms with E-state index in [1.54, 1.807) is 13.1 Å². The number of carbonyl (C=O) groups excluding carboxylic acids is 1. The fraction of sp³-hybridized carbons (Fsp3) is 0.154. The molecule has 0 aliphatic heterocycles. The van der Waals surface area contributed by atoms with Crippen molar-refractivity contribution in [1.29, 1.82) is 0 Å². The molecule has 0 spiro atoms. The van der Waals surface area contributed by atoms with Crippen LogP contribution >= 0.6 is 11.8 Å². The molecule has 0 saturated heterocycles. The highest BCUT2D eigenvalue weighted by Gasteiger charge is 2.09. The number of rotatable bonds is 3. The van der Waals surface area contributed by atoms with Gasteiger partial charge in [0.05, 0.1) is 5.69 Å². The lowest BCUT2D eigenvalue weighted by atomic mass is 10.0. The highest BCUT2D eigenvalue weighted by Crippen LogP contribution is 2.23. The van der Waals surface area contributed by atoms with Crippen LogP contribution in [0.1, 0.15) is 17.3 Å². The lowest BCUT2D eigenvalue weighted by molar-refractivity contribution is 0.101. The van der Waals surface area contributed by atoms with Crippen LogP contribution in [0.3, 0.4) is 0 Å². The number of aromatic nitrogens is 2. The van der Waals surface area contributed by atoms with Crippen LogP contribution in [0.15, 0.2) is 41.7 Å². The topological polar surface area (TPSA) is 42.9 Å². The van der Waals surface area contributed by atoms with Gasteiger partial charge in [0.2, 0.25) is 0 Å². The smallest absolute Gasteiger partial charge is 0.187 e. The third kappa shape index (κ3) is 2.53. The van der Waals surface area contributed by atoms with Crippen LogP contribution in [0.4, 0.5) is 0 Å². The Hall–Kier alpha value is -1.68. The minimum atomic E-state index is 0.0462. The third-order valence-electron chi connectivity index (χ3n) is 2.40. The molecule has 0 unspecified atom stereocenters. The van der Waals surface area contributed by atoms with Gasteiger partial charge in [-0.05, 0) is 19.2 Å². The van der Waals surface area contributed by atoms with Crippen molar-refractivity contribution >= 4 is 17.5 Å². The number of ketones is 1. The highest BCUT2D eigenvalue weighted by molar-refractivity contribution is 7.98. The van der Waals surface area contributed by atoms with Crippen molar-refractivity contribution < 1.29 is 4.79 Å². The summed E-state index contributed by atoms with van der Waals surface area (Å²) in [7, 11) is 0.